The Balaban J connectivity index is 1.33. The molecular formula is C23H24ClN3O3. The molecule has 2 aromatic carbocycles. The van der Waals surface area contributed by atoms with Crippen molar-refractivity contribution in [1.82, 2.24) is 15.4 Å². The lowest BCUT2D eigenvalue weighted by molar-refractivity contribution is 0.0941. The molecule has 156 valence electrons. The van der Waals surface area contributed by atoms with Crippen LogP contribution in [0.25, 0.3) is 11.3 Å². The van der Waals surface area contributed by atoms with Gasteiger partial charge in [0.25, 0.3) is 5.91 Å². The van der Waals surface area contributed by atoms with Crippen molar-refractivity contribution >= 4 is 17.5 Å². The maximum atomic E-state index is 12.5. The fourth-order valence-corrected chi connectivity index (χ4v) is 3.56. The van der Waals surface area contributed by atoms with Crippen LogP contribution in [0.3, 0.4) is 0 Å². The number of carbonyl (C=O) groups excluding carboxylic acids is 1. The molecule has 2 heterocycles. The number of hydrogen-bond donors (Lipinski definition) is 1. The number of nitrogens with zero attached hydrogens (tertiary/aromatic N) is 2. The van der Waals surface area contributed by atoms with Crippen molar-refractivity contribution in [3.63, 3.8) is 0 Å². The van der Waals surface area contributed by atoms with Crippen LogP contribution in [0.15, 0.2) is 59.1 Å². The SMILES string of the molecule is CN1CCC(Oc2cccc(CNC(=O)c3cc(-c4ccc(Cl)cc4)on3)c2)CC1. The molecule has 1 amide bonds. The highest BCUT2D eigenvalue weighted by atomic mass is 35.5. The van der Waals surface area contributed by atoms with E-state index in [9.17, 15) is 4.79 Å². The maximum absolute atomic E-state index is 12.5. The number of carbonyl (C=O) groups is 1. The van der Waals surface area contributed by atoms with Gasteiger partial charge >= 0.3 is 0 Å². The van der Waals surface area contributed by atoms with E-state index >= 15 is 0 Å². The zero-order chi connectivity index (χ0) is 20.9. The number of halogens is 1. The molecule has 3 aromatic rings. The first-order valence-corrected chi connectivity index (χ1v) is 10.4. The molecule has 0 atom stereocenters. The molecule has 0 spiro atoms. The van der Waals surface area contributed by atoms with Crippen molar-refractivity contribution in [1.29, 1.82) is 0 Å². The van der Waals surface area contributed by atoms with E-state index in [-0.39, 0.29) is 17.7 Å². The summed E-state index contributed by atoms with van der Waals surface area (Å²) in [7, 11) is 2.13. The molecular weight excluding hydrogens is 402 g/mol. The second-order valence-corrected chi connectivity index (χ2v) is 7.97. The van der Waals surface area contributed by atoms with E-state index in [1.807, 2.05) is 36.4 Å². The highest BCUT2D eigenvalue weighted by molar-refractivity contribution is 6.30. The van der Waals surface area contributed by atoms with E-state index in [2.05, 4.69) is 22.4 Å². The fourth-order valence-electron chi connectivity index (χ4n) is 3.43. The van der Waals surface area contributed by atoms with E-state index in [4.69, 9.17) is 20.9 Å². The Kier molecular flexibility index (Phi) is 6.35. The van der Waals surface area contributed by atoms with Gasteiger partial charge in [-0.1, -0.05) is 28.9 Å². The van der Waals surface area contributed by atoms with Crippen LogP contribution in [-0.2, 0) is 6.54 Å². The Morgan fingerprint density at radius 3 is 2.73 bits per heavy atom. The standard InChI is InChI=1S/C23H24ClN3O3/c1-27-11-9-19(10-12-27)29-20-4-2-3-16(13-20)15-25-23(28)21-14-22(30-26-21)17-5-7-18(24)8-6-17/h2-8,13-14,19H,9-12,15H2,1H3,(H,25,28). The Morgan fingerprint density at radius 2 is 1.97 bits per heavy atom. The van der Waals surface area contributed by atoms with Gasteiger partial charge in [0.05, 0.1) is 0 Å². The topological polar surface area (TPSA) is 67.6 Å². The zero-order valence-corrected chi connectivity index (χ0v) is 17.6. The first kappa shape index (κ1) is 20.4. The summed E-state index contributed by atoms with van der Waals surface area (Å²) in [5.41, 5.74) is 2.01. The molecule has 0 saturated carbocycles. The van der Waals surface area contributed by atoms with E-state index in [0.29, 0.717) is 17.3 Å². The van der Waals surface area contributed by atoms with Gasteiger partial charge < -0.3 is 19.5 Å². The van der Waals surface area contributed by atoms with Gasteiger partial charge in [-0.2, -0.15) is 0 Å². The number of piperidine rings is 1. The van der Waals surface area contributed by atoms with Crippen molar-refractivity contribution in [2.24, 2.45) is 0 Å². The van der Waals surface area contributed by atoms with Gasteiger partial charge in [0.2, 0.25) is 0 Å². The molecule has 7 heteroatoms. The maximum Gasteiger partial charge on any atom is 0.273 e. The number of likely N-dealkylation sites (tertiary alicyclic amines) is 1. The summed E-state index contributed by atoms with van der Waals surface area (Å²) in [4.78, 5) is 14.8. The van der Waals surface area contributed by atoms with E-state index in [1.54, 1.807) is 18.2 Å². The van der Waals surface area contributed by atoms with Crippen molar-refractivity contribution in [2.45, 2.75) is 25.5 Å². The summed E-state index contributed by atoms with van der Waals surface area (Å²) >= 11 is 5.90. The number of hydrogen-bond acceptors (Lipinski definition) is 5. The summed E-state index contributed by atoms with van der Waals surface area (Å²) < 4.78 is 11.4. The van der Waals surface area contributed by atoms with Crippen LogP contribution in [0.2, 0.25) is 5.02 Å². The molecule has 1 aromatic heterocycles. The van der Waals surface area contributed by atoms with E-state index in [0.717, 1.165) is 42.8 Å². The second-order valence-electron chi connectivity index (χ2n) is 7.53. The van der Waals surface area contributed by atoms with Crippen molar-refractivity contribution < 1.29 is 14.1 Å². The number of benzene rings is 2. The van der Waals surface area contributed by atoms with Gasteiger partial charge in [-0.25, -0.2) is 0 Å². The molecule has 1 fully saturated rings. The number of amides is 1. The number of ether oxygens (including phenoxy) is 1. The lowest BCUT2D eigenvalue weighted by Gasteiger charge is -2.29. The highest BCUT2D eigenvalue weighted by Gasteiger charge is 2.18. The van der Waals surface area contributed by atoms with Crippen LogP contribution in [-0.4, -0.2) is 42.2 Å². The van der Waals surface area contributed by atoms with Crippen molar-refractivity contribution in [3.05, 3.63) is 70.9 Å². The predicted octanol–water partition coefficient (Wildman–Crippen LogP) is 4.40. The summed E-state index contributed by atoms with van der Waals surface area (Å²) in [6.45, 7) is 2.48. The smallest absolute Gasteiger partial charge is 0.273 e. The van der Waals surface area contributed by atoms with Crippen LogP contribution < -0.4 is 10.1 Å². The number of aromatic nitrogens is 1. The molecule has 4 rings (SSSR count). The Morgan fingerprint density at radius 1 is 1.20 bits per heavy atom. The third-order valence-electron chi connectivity index (χ3n) is 5.19. The third-order valence-corrected chi connectivity index (χ3v) is 5.44. The normalized spacial score (nSPS) is 15.1. The monoisotopic (exact) mass is 425 g/mol. The summed E-state index contributed by atoms with van der Waals surface area (Å²) in [5, 5.41) is 7.40. The van der Waals surface area contributed by atoms with Gasteiger partial charge in [-0.3, -0.25) is 4.79 Å². The number of rotatable bonds is 6. The average Bonchev–Trinajstić information content (AvgIpc) is 3.25. The lowest BCUT2D eigenvalue weighted by Crippen LogP contribution is -2.35. The summed E-state index contributed by atoms with van der Waals surface area (Å²) in [6, 6.07) is 16.6. The number of nitrogens with one attached hydrogen (secondary N) is 1. The van der Waals surface area contributed by atoms with E-state index < -0.39 is 0 Å². The van der Waals surface area contributed by atoms with Gasteiger partial charge in [-0.15, -0.1) is 0 Å². The quantitative estimate of drug-likeness (QED) is 0.634. The first-order chi connectivity index (χ1) is 14.6. The van der Waals surface area contributed by atoms with E-state index in [1.165, 1.54) is 0 Å². The summed E-state index contributed by atoms with van der Waals surface area (Å²) in [5.74, 6) is 1.06. The van der Waals surface area contributed by atoms with Crippen LogP contribution in [0, 0.1) is 0 Å². The minimum absolute atomic E-state index is 0.235. The molecule has 1 N–H and O–H groups in total. The molecule has 0 bridgehead atoms. The van der Waals surface area contributed by atoms with Crippen molar-refractivity contribution in [3.8, 4) is 17.1 Å². The zero-order valence-electron chi connectivity index (χ0n) is 16.8. The molecule has 1 aliphatic heterocycles. The second kappa shape index (κ2) is 9.32. The Hall–Kier alpha value is -2.83. The largest absolute Gasteiger partial charge is 0.490 e. The molecule has 6 nitrogen and oxygen atoms in total. The fraction of sp³-hybridized carbons (Fsp3) is 0.304. The minimum atomic E-state index is -0.291. The van der Waals surface area contributed by atoms with Crippen LogP contribution in [0.4, 0.5) is 0 Å². The van der Waals surface area contributed by atoms with Gasteiger partial charge in [-0.05, 0) is 61.9 Å². The summed E-state index contributed by atoms with van der Waals surface area (Å²) in [6.07, 6.45) is 2.30. The van der Waals surface area contributed by atoms with Gasteiger partial charge in [0, 0.05) is 36.3 Å². The third kappa shape index (κ3) is 5.20. The van der Waals surface area contributed by atoms with Crippen LogP contribution in [0.5, 0.6) is 5.75 Å². The van der Waals surface area contributed by atoms with Crippen molar-refractivity contribution in [2.75, 3.05) is 20.1 Å². The average molecular weight is 426 g/mol. The van der Waals surface area contributed by atoms with Crippen LogP contribution in [0.1, 0.15) is 28.9 Å². The molecule has 0 unspecified atom stereocenters. The first-order valence-electron chi connectivity index (χ1n) is 10.0. The Labute approximate surface area is 180 Å². The molecule has 0 radical (unpaired) electrons. The molecule has 1 saturated heterocycles. The van der Waals surface area contributed by atoms with Gasteiger partial charge in [0.15, 0.2) is 11.5 Å². The minimum Gasteiger partial charge on any atom is -0.490 e. The molecule has 1 aliphatic rings. The molecule has 0 aliphatic carbocycles. The predicted molar refractivity (Wildman–Crippen MR) is 116 cm³/mol. The van der Waals surface area contributed by atoms with Crippen LogP contribution >= 0.6 is 11.6 Å². The highest BCUT2D eigenvalue weighted by Crippen LogP contribution is 2.23. The van der Waals surface area contributed by atoms with Gasteiger partial charge in [0.1, 0.15) is 11.9 Å². The lowest BCUT2D eigenvalue weighted by atomic mass is 10.1. The molecule has 30 heavy (non-hydrogen) atoms. The Bertz CT molecular complexity index is 995.